The molecule has 40 heavy (non-hydrogen) atoms. The summed E-state index contributed by atoms with van der Waals surface area (Å²) in [5, 5.41) is 22.4. The van der Waals surface area contributed by atoms with Crippen LogP contribution >= 0.6 is 0 Å². The molecule has 4 heterocycles. The topological polar surface area (TPSA) is 171 Å². The zero-order valence-electron chi connectivity index (χ0n) is 22.7. The number of aliphatic hydroxyl groups excluding tert-OH is 1. The Morgan fingerprint density at radius 2 is 1.90 bits per heavy atom. The first kappa shape index (κ1) is 26.8. The lowest BCUT2D eigenvalue weighted by Crippen LogP contribution is -2.52. The lowest BCUT2D eigenvalue weighted by Gasteiger charge is -2.44. The Kier molecular flexibility index (Phi) is 6.23. The molecule has 2 saturated heterocycles. The van der Waals surface area contributed by atoms with Crippen molar-refractivity contribution in [1.29, 1.82) is 0 Å². The van der Waals surface area contributed by atoms with Gasteiger partial charge in [0.1, 0.15) is 46.0 Å². The lowest BCUT2D eigenvalue weighted by molar-refractivity contribution is -0.171. The van der Waals surface area contributed by atoms with Crippen molar-refractivity contribution >= 4 is 16.9 Å². The van der Waals surface area contributed by atoms with Gasteiger partial charge in [0.25, 0.3) is 0 Å². The number of epoxide rings is 1. The number of phenols is 1. The Labute approximate surface area is 230 Å². The van der Waals surface area contributed by atoms with Gasteiger partial charge in [-0.3, -0.25) is 4.79 Å². The highest BCUT2D eigenvalue weighted by molar-refractivity contribution is 5.88. The van der Waals surface area contributed by atoms with Crippen LogP contribution in [0.2, 0.25) is 0 Å². The van der Waals surface area contributed by atoms with Gasteiger partial charge in [0.2, 0.25) is 0 Å². The summed E-state index contributed by atoms with van der Waals surface area (Å²) in [4.78, 5) is 26.6. The average molecular weight is 551 g/mol. The molecule has 3 aromatic rings. The number of aromatic hydroxyl groups is 1. The molecule has 0 amide bonds. The van der Waals surface area contributed by atoms with Crippen molar-refractivity contribution < 1.29 is 33.6 Å². The molecule has 0 radical (unpaired) electrons. The van der Waals surface area contributed by atoms with Crippen molar-refractivity contribution in [2.75, 3.05) is 0 Å². The van der Waals surface area contributed by atoms with Crippen LogP contribution in [0.15, 0.2) is 45.6 Å². The molecule has 10 heteroatoms. The Morgan fingerprint density at radius 3 is 2.65 bits per heavy atom. The number of benzene rings is 2. The first-order valence-electron chi connectivity index (χ1n) is 13.6. The van der Waals surface area contributed by atoms with Crippen LogP contribution in [0.25, 0.3) is 11.0 Å². The summed E-state index contributed by atoms with van der Waals surface area (Å²) in [7, 11) is 0. The number of carbonyl (C=O) groups is 1. The number of carbonyl (C=O) groups excluding carboxylic acids is 1. The third kappa shape index (κ3) is 4.35. The molecular weight excluding hydrogens is 516 g/mol. The molecule has 2 aromatic carbocycles. The monoisotopic (exact) mass is 550 g/mol. The van der Waals surface area contributed by atoms with E-state index in [-0.39, 0.29) is 28.6 Å². The van der Waals surface area contributed by atoms with Gasteiger partial charge >= 0.3 is 5.97 Å². The predicted octanol–water partition coefficient (Wildman–Crippen LogP) is 2.81. The SMILES string of the molecule is Cc1cc(=O)c2c(O)c3c(cc2o1)OC(C)(C)[C@@H]1OC(=O)[C@]2(C[C@H](O)CC[C@H]31)O[C@@H]2Cc1cccc(C(N)N)c1. The molecular formula is C30H34N2O8. The lowest BCUT2D eigenvalue weighted by atomic mass is 9.77. The third-order valence-corrected chi connectivity index (χ3v) is 8.41. The van der Waals surface area contributed by atoms with Gasteiger partial charge in [0.05, 0.1) is 12.3 Å². The van der Waals surface area contributed by atoms with Gasteiger partial charge in [0.15, 0.2) is 11.0 Å². The normalized spacial score (nSPS) is 29.1. The zero-order valence-corrected chi connectivity index (χ0v) is 22.7. The van der Waals surface area contributed by atoms with Crippen LogP contribution in [0.3, 0.4) is 0 Å². The van der Waals surface area contributed by atoms with Crippen LogP contribution in [-0.4, -0.2) is 45.7 Å². The average Bonchev–Trinajstić information content (AvgIpc) is 3.54. The smallest absolute Gasteiger partial charge is 0.341 e. The molecule has 5 atom stereocenters. The number of fused-ring (bicyclic) bond motifs is 4. The summed E-state index contributed by atoms with van der Waals surface area (Å²) in [6, 6.07) is 10.4. The van der Waals surface area contributed by atoms with E-state index in [0.717, 1.165) is 11.1 Å². The van der Waals surface area contributed by atoms with E-state index in [4.69, 9.17) is 30.1 Å². The molecule has 212 valence electrons. The number of hydrogen-bond acceptors (Lipinski definition) is 10. The maximum atomic E-state index is 13.8. The summed E-state index contributed by atoms with van der Waals surface area (Å²) >= 11 is 0. The molecule has 10 nitrogen and oxygen atoms in total. The largest absolute Gasteiger partial charge is 0.507 e. The van der Waals surface area contributed by atoms with Gasteiger partial charge in [-0.1, -0.05) is 24.3 Å². The maximum Gasteiger partial charge on any atom is 0.341 e. The summed E-state index contributed by atoms with van der Waals surface area (Å²) in [5.74, 6) is -0.632. The van der Waals surface area contributed by atoms with Crippen LogP contribution in [0.1, 0.15) is 67.6 Å². The van der Waals surface area contributed by atoms with Crippen molar-refractivity contribution in [2.45, 2.75) is 88.1 Å². The summed E-state index contributed by atoms with van der Waals surface area (Å²) < 4.78 is 24.2. The third-order valence-electron chi connectivity index (χ3n) is 8.41. The number of ether oxygens (including phenoxy) is 3. The van der Waals surface area contributed by atoms with Crippen molar-refractivity contribution in [2.24, 2.45) is 11.5 Å². The van der Waals surface area contributed by atoms with Crippen LogP contribution in [0, 0.1) is 6.92 Å². The van der Waals surface area contributed by atoms with E-state index in [2.05, 4.69) is 0 Å². The Bertz CT molecular complexity index is 1560. The van der Waals surface area contributed by atoms with Gasteiger partial charge in [-0.05, 0) is 44.7 Å². The number of aliphatic hydroxyl groups is 1. The zero-order chi connectivity index (χ0) is 28.6. The van der Waals surface area contributed by atoms with Crippen molar-refractivity contribution in [1.82, 2.24) is 0 Å². The van der Waals surface area contributed by atoms with Crippen LogP contribution in [0.4, 0.5) is 0 Å². The van der Waals surface area contributed by atoms with E-state index < -0.39 is 47.6 Å². The highest BCUT2D eigenvalue weighted by Crippen LogP contribution is 2.53. The molecule has 3 aliphatic rings. The quantitative estimate of drug-likeness (QED) is 0.216. The molecule has 0 bridgehead atoms. The Morgan fingerprint density at radius 1 is 1.12 bits per heavy atom. The van der Waals surface area contributed by atoms with Gasteiger partial charge < -0.3 is 40.3 Å². The molecule has 1 spiro atoms. The minimum atomic E-state index is -1.31. The number of rotatable bonds is 3. The van der Waals surface area contributed by atoms with Crippen LogP contribution in [0.5, 0.6) is 11.5 Å². The first-order valence-corrected chi connectivity index (χ1v) is 13.6. The summed E-state index contributed by atoms with van der Waals surface area (Å²) in [6.45, 7) is 5.27. The van der Waals surface area contributed by atoms with Gasteiger partial charge in [0, 0.05) is 36.5 Å². The van der Waals surface area contributed by atoms with Crippen LogP contribution in [-0.2, 0) is 20.7 Å². The molecule has 2 fully saturated rings. The number of aryl methyl sites for hydroxylation is 1. The molecule has 3 aliphatic heterocycles. The van der Waals surface area contributed by atoms with Gasteiger partial charge in [-0.2, -0.15) is 0 Å². The maximum absolute atomic E-state index is 13.8. The number of hydrogen-bond donors (Lipinski definition) is 4. The van der Waals surface area contributed by atoms with Crippen molar-refractivity contribution in [3.05, 3.63) is 69.1 Å². The van der Waals surface area contributed by atoms with E-state index in [1.165, 1.54) is 6.07 Å². The minimum absolute atomic E-state index is 0.0413. The summed E-state index contributed by atoms with van der Waals surface area (Å²) in [6.07, 6.45) is -1.60. The Balaban J connectivity index is 1.36. The predicted molar refractivity (Wildman–Crippen MR) is 145 cm³/mol. The molecule has 6 rings (SSSR count). The number of phenolic OH excluding ortho intramolecular Hbond substituents is 1. The van der Waals surface area contributed by atoms with E-state index in [0.29, 0.717) is 36.3 Å². The highest BCUT2D eigenvalue weighted by atomic mass is 16.7. The van der Waals surface area contributed by atoms with E-state index in [1.807, 2.05) is 38.1 Å². The fourth-order valence-corrected chi connectivity index (χ4v) is 6.40. The highest BCUT2D eigenvalue weighted by Gasteiger charge is 2.66. The van der Waals surface area contributed by atoms with Crippen molar-refractivity contribution in [3.63, 3.8) is 0 Å². The van der Waals surface area contributed by atoms with Crippen LogP contribution < -0.4 is 21.6 Å². The fraction of sp³-hybridized carbons (Fsp3) is 0.467. The van der Waals surface area contributed by atoms with Gasteiger partial charge in [-0.15, -0.1) is 0 Å². The molecule has 0 aliphatic carbocycles. The number of nitrogens with two attached hydrogens (primary N) is 2. The van der Waals surface area contributed by atoms with E-state index in [1.54, 1.807) is 13.0 Å². The van der Waals surface area contributed by atoms with Gasteiger partial charge in [-0.25, -0.2) is 4.79 Å². The molecule has 1 aromatic heterocycles. The second kappa shape index (κ2) is 9.31. The molecule has 6 N–H and O–H groups in total. The van der Waals surface area contributed by atoms with E-state index >= 15 is 0 Å². The minimum Gasteiger partial charge on any atom is -0.507 e. The molecule has 0 saturated carbocycles. The van der Waals surface area contributed by atoms with Crippen molar-refractivity contribution in [3.8, 4) is 11.5 Å². The fourth-order valence-electron chi connectivity index (χ4n) is 6.40. The second-order valence-corrected chi connectivity index (χ2v) is 11.8. The van der Waals surface area contributed by atoms with E-state index in [9.17, 15) is 19.8 Å². The number of esters is 1. The Hall–Kier alpha value is -3.44. The molecule has 0 unspecified atom stereocenters. The second-order valence-electron chi connectivity index (χ2n) is 11.8. The standard InChI is InChI=1S/C30H34N2O8/c1-14-9-19(34)24-20(37-14)12-21-23(25(24)35)18-8-7-17(33)13-30(28(36)38-26(18)29(2,3)39-21)22(40-30)11-15-5-4-6-16(10-15)27(31)32/h4-6,9-10,12,17-18,22,26-27,33,35H,7-8,11,13,31-32H2,1-3H3/t17-,18-,22-,26-,30-/m1/s1. The first-order chi connectivity index (χ1) is 18.9. The summed E-state index contributed by atoms with van der Waals surface area (Å²) in [5.41, 5.74) is 11.2.